The largest absolute Gasteiger partial charge is 0.334 e. The molecule has 0 aromatic carbocycles. The number of urea groups is 1. The zero-order valence-corrected chi connectivity index (χ0v) is 7.81. The third-order valence-electron chi connectivity index (χ3n) is 1.70. The van der Waals surface area contributed by atoms with Crippen molar-refractivity contribution >= 4 is 23.6 Å². The molecule has 2 amide bonds. The van der Waals surface area contributed by atoms with Crippen LogP contribution in [-0.4, -0.2) is 22.3 Å². The fraction of sp³-hybridized carbons (Fsp3) is 0.286. The highest BCUT2D eigenvalue weighted by Gasteiger charge is 2.15. The Morgan fingerprint density at radius 2 is 2.46 bits per heavy atom. The summed E-state index contributed by atoms with van der Waals surface area (Å²) >= 11 is 1.45. The molecule has 2 heterocycles. The standard InChI is InChI=1S/C7H8N4OS/c1-13-7-9-3-4-2-8-6(12)10-5(4)11-7/h3H,2H2,1H3,(H2,8,9,10,11,12). The number of carbonyl (C=O) groups is 1. The van der Waals surface area contributed by atoms with Crippen molar-refractivity contribution < 1.29 is 4.79 Å². The van der Waals surface area contributed by atoms with Crippen LogP contribution in [0.4, 0.5) is 10.6 Å². The molecule has 68 valence electrons. The number of hydrogen-bond donors (Lipinski definition) is 2. The van der Waals surface area contributed by atoms with Gasteiger partial charge < -0.3 is 5.32 Å². The molecular weight excluding hydrogens is 188 g/mol. The summed E-state index contributed by atoms with van der Waals surface area (Å²) in [6.45, 7) is 0.496. The molecular formula is C7H8N4OS. The van der Waals surface area contributed by atoms with Gasteiger partial charge in [0.1, 0.15) is 5.82 Å². The molecule has 1 aliphatic rings. The summed E-state index contributed by atoms with van der Waals surface area (Å²) in [5.41, 5.74) is 0.914. The average molecular weight is 196 g/mol. The lowest BCUT2D eigenvalue weighted by Crippen LogP contribution is -2.34. The fourth-order valence-electron chi connectivity index (χ4n) is 1.05. The molecule has 6 heteroatoms. The van der Waals surface area contributed by atoms with Crippen molar-refractivity contribution in [3.05, 3.63) is 11.8 Å². The van der Waals surface area contributed by atoms with Gasteiger partial charge in [-0.05, 0) is 6.26 Å². The Morgan fingerprint density at radius 3 is 3.23 bits per heavy atom. The van der Waals surface area contributed by atoms with Crippen LogP contribution in [-0.2, 0) is 6.54 Å². The molecule has 2 N–H and O–H groups in total. The van der Waals surface area contributed by atoms with Gasteiger partial charge in [0.2, 0.25) is 0 Å². The fourth-order valence-corrected chi connectivity index (χ4v) is 1.39. The van der Waals surface area contributed by atoms with Gasteiger partial charge in [-0.3, -0.25) is 5.32 Å². The number of anilines is 1. The number of amides is 2. The Hall–Kier alpha value is -1.30. The number of aromatic nitrogens is 2. The maximum atomic E-state index is 10.9. The Bertz CT molecular complexity index is 354. The monoisotopic (exact) mass is 196 g/mol. The Kier molecular flexibility index (Phi) is 2.05. The summed E-state index contributed by atoms with van der Waals surface area (Å²) in [6, 6.07) is -0.210. The molecule has 0 radical (unpaired) electrons. The molecule has 2 rings (SSSR count). The Morgan fingerprint density at radius 1 is 1.62 bits per heavy atom. The molecule has 0 atom stereocenters. The highest BCUT2D eigenvalue weighted by Crippen LogP contribution is 2.18. The van der Waals surface area contributed by atoms with E-state index in [0.29, 0.717) is 17.5 Å². The molecule has 5 nitrogen and oxygen atoms in total. The van der Waals surface area contributed by atoms with Gasteiger partial charge in [-0.1, -0.05) is 11.8 Å². The van der Waals surface area contributed by atoms with Crippen LogP contribution in [0.25, 0.3) is 0 Å². The second-order valence-electron chi connectivity index (χ2n) is 2.54. The SMILES string of the molecule is CSc1ncc2c(n1)NC(=O)NC2. The number of carbonyl (C=O) groups excluding carboxylic acids is 1. The van der Waals surface area contributed by atoms with E-state index in [1.54, 1.807) is 6.20 Å². The first-order valence-corrected chi connectivity index (χ1v) is 4.97. The molecule has 0 aliphatic carbocycles. The van der Waals surface area contributed by atoms with Gasteiger partial charge in [0.05, 0.1) is 0 Å². The highest BCUT2D eigenvalue weighted by molar-refractivity contribution is 7.98. The molecule has 0 fully saturated rings. The Balaban J connectivity index is 2.38. The van der Waals surface area contributed by atoms with Crippen molar-refractivity contribution in [3.8, 4) is 0 Å². The van der Waals surface area contributed by atoms with E-state index in [1.807, 2.05) is 6.26 Å². The van der Waals surface area contributed by atoms with E-state index >= 15 is 0 Å². The van der Waals surface area contributed by atoms with Gasteiger partial charge in [0.15, 0.2) is 5.16 Å². The first-order chi connectivity index (χ1) is 6.29. The van der Waals surface area contributed by atoms with Crippen molar-refractivity contribution in [2.75, 3.05) is 11.6 Å². The van der Waals surface area contributed by atoms with Crippen LogP contribution in [0.1, 0.15) is 5.56 Å². The lowest BCUT2D eigenvalue weighted by Gasteiger charge is -2.16. The van der Waals surface area contributed by atoms with Gasteiger partial charge >= 0.3 is 6.03 Å². The number of nitrogens with one attached hydrogen (secondary N) is 2. The molecule has 0 saturated carbocycles. The molecule has 13 heavy (non-hydrogen) atoms. The maximum Gasteiger partial charge on any atom is 0.320 e. The maximum absolute atomic E-state index is 10.9. The quantitative estimate of drug-likeness (QED) is 0.516. The topological polar surface area (TPSA) is 66.9 Å². The third-order valence-corrected chi connectivity index (χ3v) is 2.26. The van der Waals surface area contributed by atoms with E-state index < -0.39 is 0 Å². The van der Waals surface area contributed by atoms with Crippen molar-refractivity contribution in [2.24, 2.45) is 0 Å². The van der Waals surface area contributed by atoms with Crippen molar-refractivity contribution in [3.63, 3.8) is 0 Å². The number of fused-ring (bicyclic) bond motifs is 1. The number of hydrogen-bond acceptors (Lipinski definition) is 4. The molecule has 0 saturated heterocycles. The zero-order chi connectivity index (χ0) is 9.26. The second-order valence-corrected chi connectivity index (χ2v) is 3.31. The summed E-state index contributed by atoms with van der Waals surface area (Å²) in [4.78, 5) is 19.2. The van der Waals surface area contributed by atoms with Gasteiger partial charge in [0.25, 0.3) is 0 Å². The van der Waals surface area contributed by atoms with Gasteiger partial charge in [-0.2, -0.15) is 0 Å². The predicted molar refractivity (Wildman–Crippen MR) is 49.7 cm³/mol. The molecule has 0 bridgehead atoms. The lowest BCUT2D eigenvalue weighted by molar-refractivity contribution is 0.250. The zero-order valence-electron chi connectivity index (χ0n) is 7.00. The normalized spacial score (nSPS) is 14.4. The average Bonchev–Trinajstić information content (AvgIpc) is 2.16. The van der Waals surface area contributed by atoms with Crippen LogP contribution in [0.2, 0.25) is 0 Å². The van der Waals surface area contributed by atoms with Crippen molar-refractivity contribution in [1.29, 1.82) is 0 Å². The number of rotatable bonds is 1. The van der Waals surface area contributed by atoms with Crippen molar-refractivity contribution in [1.82, 2.24) is 15.3 Å². The first kappa shape index (κ1) is 8.31. The molecule has 1 aromatic rings. The van der Waals surface area contributed by atoms with E-state index in [1.165, 1.54) is 11.8 Å². The van der Waals surface area contributed by atoms with Crippen LogP contribution in [0.5, 0.6) is 0 Å². The van der Waals surface area contributed by atoms with Gasteiger partial charge in [0, 0.05) is 18.3 Å². The third kappa shape index (κ3) is 1.57. The van der Waals surface area contributed by atoms with Crippen LogP contribution >= 0.6 is 11.8 Å². The van der Waals surface area contributed by atoms with E-state index in [2.05, 4.69) is 20.6 Å². The first-order valence-electron chi connectivity index (χ1n) is 3.74. The van der Waals surface area contributed by atoms with E-state index in [0.717, 1.165) is 5.56 Å². The molecule has 1 aliphatic heterocycles. The summed E-state index contributed by atoms with van der Waals surface area (Å²) in [5, 5.41) is 5.93. The highest BCUT2D eigenvalue weighted by atomic mass is 32.2. The smallest absolute Gasteiger partial charge is 0.320 e. The van der Waals surface area contributed by atoms with E-state index in [4.69, 9.17) is 0 Å². The predicted octanol–water partition coefficient (Wildman–Crippen LogP) is 0.834. The summed E-state index contributed by atoms with van der Waals surface area (Å²) in [5.74, 6) is 0.614. The van der Waals surface area contributed by atoms with Crippen LogP contribution in [0, 0.1) is 0 Å². The Labute approximate surface area is 79.3 Å². The minimum atomic E-state index is -0.210. The minimum absolute atomic E-state index is 0.210. The van der Waals surface area contributed by atoms with Crippen molar-refractivity contribution in [2.45, 2.75) is 11.7 Å². The molecule has 0 spiro atoms. The number of thioether (sulfide) groups is 1. The van der Waals surface area contributed by atoms with E-state index in [9.17, 15) is 4.79 Å². The minimum Gasteiger partial charge on any atom is -0.334 e. The molecule has 0 unspecified atom stereocenters. The van der Waals surface area contributed by atoms with Crippen LogP contribution < -0.4 is 10.6 Å². The van der Waals surface area contributed by atoms with E-state index in [-0.39, 0.29) is 6.03 Å². The number of nitrogens with zero attached hydrogens (tertiary/aromatic N) is 2. The summed E-state index contributed by atoms with van der Waals surface area (Å²) in [6.07, 6.45) is 3.62. The van der Waals surface area contributed by atoms with Gasteiger partial charge in [-0.25, -0.2) is 14.8 Å². The summed E-state index contributed by atoms with van der Waals surface area (Å²) in [7, 11) is 0. The van der Waals surface area contributed by atoms with Gasteiger partial charge in [-0.15, -0.1) is 0 Å². The summed E-state index contributed by atoms with van der Waals surface area (Å²) < 4.78 is 0. The second kappa shape index (κ2) is 3.21. The molecule has 1 aromatic heterocycles. The van der Waals surface area contributed by atoms with Crippen LogP contribution in [0.3, 0.4) is 0 Å². The van der Waals surface area contributed by atoms with Crippen LogP contribution in [0.15, 0.2) is 11.4 Å². The lowest BCUT2D eigenvalue weighted by atomic mass is 10.3.